The molecule has 0 bridgehead atoms. The maximum absolute atomic E-state index is 12.8. The average molecular weight is 425 g/mol. The molecule has 0 saturated carbocycles. The lowest BCUT2D eigenvalue weighted by atomic mass is 10.0. The van der Waals surface area contributed by atoms with E-state index in [0.717, 1.165) is 21.9 Å². The van der Waals surface area contributed by atoms with Crippen molar-refractivity contribution in [1.82, 2.24) is 5.32 Å². The van der Waals surface area contributed by atoms with E-state index in [1.165, 1.54) is 0 Å². The fourth-order valence-corrected chi connectivity index (χ4v) is 3.56. The Hall–Kier alpha value is -4.12. The summed E-state index contributed by atoms with van der Waals surface area (Å²) in [5, 5.41) is 14.1. The van der Waals surface area contributed by atoms with Gasteiger partial charge < -0.3 is 15.2 Å². The Morgan fingerprint density at radius 1 is 0.781 bits per heavy atom. The van der Waals surface area contributed by atoms with Crippen molar-refractivity contribution in [3.63, 3.8) is 0 Å². The molecule has 4 aromatic rings. The molecular weight excluding hydrogens is 402 g/mol. The number of carbonyl (C=O) groups is 2. The predicted octanol–water partition coefficient (Wildman–Crippen LogP) is 4.84. The second-order valence-electron chi connectivity index (χ2n) is 7.51. The number of benzene rings is 4. The number of hydrogen-bond acceptors (Lipinski definition) is 3. The van der Waals surface area contributed by atoms with Gasteiger partial charge in [-0.05, 0) is 40.1 Å². The third kappa shape index (κ3) is 5.13. The molecule has 160 valence electrons. The molecule has 1 amide bonds. The summed E-state index contributed by atoms with van der Waals surface area (Å²) in [6.07, 6.45) is 0.171. The van der Waals surface area contributed by atoms with Gasteiger partial charge in [-0.2, -0.15) is 0 Å². The molecule has 5 nitrogen and oxygen atoms in total. The van der Waals surface area contributed by atoms with Gasteiger partial charge in [-0.15, -0.1) is 0 Å². The summed E-state index contributed by atoms with van der Waals surface area (Å²) in [5.74, 6) is -0.788. The summed E-state index contributed by atoms with van der Waals surface area (Å²) < 4.78 is 5.78. The van der Waals surface area contributed by atoms with Crippen molar-refractivity contribution in [2.24, 2.45) is 0 Å². The normalized spacial score (nSPS) is 11.6. The van der Waals surface area contributed by atoms with Crippen LogP contribution in [0.4, 0.5) is 0 Å². The van der Waals surface area contributed by atoms with Crippen molar-refractivity contribution < 1.29 is 19.4 Å². The zero-order valence-electron chi connectivity index (χ0n) is 17.4. The largest absolute Gasteiger partial charge is 0.489 e. The van der Waals surface area contributed by atoms with Crippen LogP contribution in [0, 0.1) is 0 Å². The highest BCUT2D eigenvalue weighted by Crippen LogP contribution is 2.19. The molecule has 2 N–H and O–H groups in total. The first-order chi connectivity index (χ1) is 15.6. The first kappa shape index (κ1) is 21.1. The Morgan fingerprint density at radius 2 is 1.47 bits per heavy atom. The molecule has 0 aliphatic carbocycles. The first-order valence-electron chi connectivity index (χ1n) is 10.4. The molecular formula is C27H23NO4. The molecule has 0 radical (unpaired) electrons. The standard InChI is InChI=1S/C27H23NO4/c29-26(24-12-6-10-21-9-4-5-11-23(21)24)28-25(27(30)31)17-19-13-15-22(16-14-19)32-18-20-7-2-1-3-8-20/h1-16,25H,17-18H2,(H,28,29)(H,30,31)/t25-/m0/s1. The van der Waals surface area contributed by atoms with Crippen molar-refractivity contribution in [2.75, 3.05) is 0 Å². The van der Waals surface area contributed by atoms with Crippen LogP contribution >= 0.6 is 0 Å². The van der Waals surface area contributed by atoms with Gasteiger partial charge in [0.1, 0.15) is 18.4 Å². The summed E-state index contributed by atoms with van der Waals surface area (Å²) in [6.45, 7) is 0.457. The number of hydrogen-bond donors (Lipinski definition) is 2. The van der Waals surface area contributed by atoms with Crippen LogP contribution in [0.3, 0.4) is 0 Å². The molecule has 0 saturated heterocycles. The summed E-state index contributed by atoms with van der Waals surface area (Å²) in [7, 11) is 0. The van der Waals surface area contributed by atoms with Gasteiger partial charge in [0.15, 0.2) is 0 Å². The number of rotatable bonds is 8. The highest BCUT2D eigenvalue weighted by Gasteiger charge is 2.22. The van der Waals surface area contributed by atoms with E-state index >= 15 is 0 Å². The first-order valence-corrected chi connectivity index (χ1v) is 10.4. The van der Waals surface area contributed by atoms with Crippen LogP contribution in [-0.4, -0.2) is 23.0 Å². The summed E-state index contributed by atoms with van der Waals surface area (Å²) in [5.41, 5.74) is 2.32. The SMILES string of the molecule is O=C(N[C@@H](Cc1ccc(OCc2ccccc2)cc1)C(=O)O)c1cccc2ccccc12. The van der Waals surface area contributed by atoms with E-state index in [2.05, 4.69) is 5.32 Å². The van der Waals surface area contributed by atoms with Gasteiger partial charge in [-0.1, -0.05) is 78.9 Å². The van der Waals surface area contributed by atoms with E-state index in [0.29, 0.717) is 17.9 Å². The van der Waals surface area contributed by atoms with Gasteiger partial charge in [0, 0.05) is 12.0 Å². The topological polar surface area (TPSA) is 75.6 Å². The number of carboxylic acid groups (broad SMARTS) is 1. The van der Waals surface area contributed by atoms with E-state index in [1.54, 1.807) is 12.1 Å². The Labute approximate surface area is 186 Å². The molecule has 4 rings (SSSR count). The molecule has 0 aliphatic rings. The number of fused-ring (bicyclic) bond motifs is 1. The number of aliphatic carboxylic acids is 1. The highest BCUT2D eigenvalue weighted by molar-refractivity contribution is 6.07. The monoisotopic (exact) mass is 425 g/mol. The molecule has 0 fully saturated rings. The molecule has 32 heavy (non-hydrogen) atoms. The van der Waals surface area contributed by atoms with E-state index < -0.39 is 17.9 Å². The molecule has 0 unspecified atom stereocenters. The lowest BCUT2D eigenvalue weighted by Gasteiger charge is -2.16. The maximum atomic E-state index is 12.8. The third-order valence-corrected chi connectivity index (χ3v) is 5.25. The number of nitrogens with one attached hydrogen (secondary N) is 1. The lowest BCUT2D eigenvalue weighted by molar-refractivity contribution is -0.139. The highest BCUT2D eigenvalue weighted by atomic mass is 16.5. The molecule has 1 atom stereocenters. The van der Waals surface area contributed by atoms with Crippen LogP contribution in [0.25, 0.3) is 10.8 Å². The van der Waals surface area contributed by atoms with Gasteiger partial charge in [-0.3, -0.25) is 4.79 Å². The third-order valence-electron chi connectivity index (χ3n) is 5.25. The molecule has 4 aromatic carbocycles. The van der Waals surface area contributed by atoms with Gasteiger partial charge in [0.2, 0.25) is 0 Å². The molecule has 0 aromatic heterocycles. The fraction of sp³-hybridized carbons (Fsp3) is 0.111. The molecule has 5 heteroatoms. The molecule has 0 heterocycles. The predicted molar refractivity (Wildman–Crippen MR) is 124 cm³/mol. The lowest BCUT2D eigenvalue weighted by Crippen LogP contribution is -2.42. The van der Waals surface area contributed by atoms with Crippen molar-refractivity contribution in [3.05, 3.63) is 114 Å². The summed E-state index contributed by atoms with van der Waals surface area (Å²) in [6, 6.07) is 29.0. The van der Waals surface area contributed by atoms with E-state index in [4.69, 9.17) is 4.74 Å². The van der Waals surface area contributed by atoms with Crippen LogP contribution in [0.5, 0.6) is 5.75 Å². The van der Waals surface area contributed by atoms with Crippen LogP contribution in [0.15, 0.2) is 97.1 Å². The smallest absolute Gasteiger partial charge is 0.326 e. The van der Waals surface area contributed by atoms with Crippen molar-refractivity contribution in [3.8, 4) is 5.75 Å². The van der Waals surface area contributed by atoms with Gasteiger partial charge in [0.25, 0.3) is 5.91 Å². The van der Waals surface area contributed by atoms with Gasteiger partial charge in [0.05, 0.1) is 0 Å². The average Bonchev–Trinajstić information content (AvgIpc) is 2.83. The molecule has 0 aliphatic heterocycles. The van der Waals surface area contributed by atoms with Crippen molar-refractivity contribution >= 4 is 22.6 Å². The molecule has 0 spiro atoms. The van der Waals surface area contributed by atoms with Crippen LogP contribution in [-0.2, 0) is 17.8 Å². The Balaban J connectivity index is 1.42. The Kier molecular flexibility index (Phi) is 6.46. The van der Waals surface area contributed by atoms with Gasteiger partial charge >= 0.3 is 5.97 Å². The van der Waals surface area contributed by atoms with E-state index in [9.17, 15) is 14.7 Å². The minimum atomic E-state index is -1.08. The zero-order valence-corrected chi connectivity index (χ0v) is 17.4. The second kappa shape index (κ2) is 9.79. The minimum absolute atomic E-state index is 0.171. The fourth-order valence-electron chi connectivity index (χ4n) is 3.56. The Bertz CT molecular complexity index is 1210. The number of amides is 1. The van der Waals surface area contributed by atoms with Gasteiger partial charge in [-0.25, -0.2) is 4.79 Å². The van der Waals surface area contributed by atoms with Crippen LogP contribution in [0.1, 0.15) is 21.5 Å². The quantitative estimate of drug-likeness (QED) is 0.423. The Morgan fingerprint density at radius 3 is 2.22 bits per heavy atom. The maximum Gasteiger partial charge on any atom is 0.326 e. The van der Waals surface area contributed by atoms with E-state index in [1.807, 2.05) is 84.9 Å². The summed E-state index contributed by atoms with van der Waals surface area (Å²) in [4.78, 5) is 24.7. The minimum Gasteiger partial charge on any atom is -0.489 e. The second-order valence-corrected chi connectivity index (χ2v) is 7.51. The van der Waals surface area contributed by atoms with Crippen molar-refractivity contribution in [2.45, 2.75) is 19.1 Å². The van der Waals surface area contributed by atoms with Crippen molar-refractivity contribution in [1.29, 1.82) is 0 Å². The van der Waals surface area contributed by atoms with Crippen LogP contribution < -0.4 is 10.1 Å². The van der Waals surface area contributed by atoms with Crippen LogP contribution in [0.2, 0.25) is 0 Å². The number of carboxylic acids is 1. The van der Waals surface area contributed by atoms with E-state index in [-0.39, 0.29) is 6.42 Å². The number of ether oxygens (including phenoxy) is 1. The zero-order chi connectivity index (χ0) is 22.3. The summed E-state index contributed by atoms with van der Waals surface area (Å²) >= 11 is 0. The number of carbonyl (C=O) groups excluding carboxylic acids is 1.